The van der Waals surface area contributed by atoms with Gasteiger partial charge in [-0.15, -0.1) is 12.6 Å². The van der Waals surface area contributed by atoms with Crippen molar-refractivity contribution in [3.05, 3.63) is 22.8 Å². The van der Waals surface area contributed by atoms with Crippen molar-refractivity contribution in [1.29, 1.82) is 0 Å². The molecule has 0 aliphatic carbocycles. The third-order valence-corrected chi connectivity index (χ3v) is 2.63. The zero-order chi connectivity index (χ0) is 8.59. The van der Waals surface area contributed by atoms with E-state index in [9.17, 15) is 5.11 Å². The maximum absolute atomic E-state index is 9.36. The van der Waals surface area contributed by atoms with Crippen LogP contribution >= 0.6 is 12.6 Å². The molecule has 0 aliphatic heterocycles. The molecular formula is C9H12OS. The SMILES string of the molecule is Cc1c(O)cc(S)c(C)c1C. The molecular weight excluding hydrogens is 156 g/mol. The average molecular weight is 168 g/mol. The van der Waals surface area contributed by atoms with Crippen molar-refractivity contribution < 1.29 is 5.11 Å². The molecule has 1 aromatic carbocycles. The Labute approximate surface area is 72.5 Å². The van der Waals surface area contributed by atoms with Gasteiger partial charge in [0.2, 0.25) is 0 Å². The number of thiol groups is 1. The summed E-state index contributed by atoms with van der Waals surface area (Å²) in [7, 11) is 0. The van der Waals surface area contributed by atoms with Gasteiger partial charge in [0.15, 0.2) is 0 Å². The Hall–Kier alpha value is -0.630. The number of aromatic hydroxyl groups is 1. The molecule has 0 aliphatic rings. The summed E-state index contributed by atoms with van der Waals surface area (Å²) < 4.78 is 0. The van der Waals surface area contributed by atoms with Crippen LogP contribution in [0.5, 0.6) is 5.75 Å². The van der Waals surface area contributed by atoms with Crippen LogP contribution in [0.1, 0.15) is 16.7 Å². The van der Waals surface area contributed by atoms with Crippen molar-refractivity contribution in [2.45, 2.75) is 25.7 Å². The van der Waals surface area contributed by atoms with Crippen molar-refractivity contribution in [3.8, 4) is 5.75 Å². The summed E-state index contributed by atoms with van der Waals surface area (Å²) in [6.07, 6.45) is 0. The molecule has 1 nitrogen and oxygen atoms in total. The standard InChI is InChI=1S/C9H12OS/c1-5-6(2)8(10)4-9(11)7(5)3/h4,10-11H,1-3H3. The molecule has 0 unspecified atom stereocenters. The van der Waals surface area contributed by atoms with Crippen molar-refractivity contribution in [3.63, 3.8) is 0 Å². The van der Waals surface area contributed by atoms with Crippen LogP contribution in [0.2, 0.25) is 0 Å². The topological polar surface area (TPSA) is 20.2 Å². The fourth-order valence-electron chi connectivity index (χ4n) is 1.01. The van der Waals surface area contributed by atoms with Gasteiger partial charge < -0.3 is 5.11 Å². The lowest BCUT2D eigenvalue weighted by atomic mass is 10.0. The second kappa shape index (κ2) is 2.78. The molecule has 0 saturated carbocycles. The van der Waals surface area contributed by atoms with E-state index < -0.39 is 0 Å². The second-order valence-corrected chi connectivity index (χ2v) is 3.27. The van der Waals surface area contributed by atoms with Gasteiger partial charge in [0, 0.05) is 4.90 Å². The first-order valence-corrected chi connectivity index (χ1v) is 3.97. The molecule has 0 fully saturated rings. The smallest absolute Gasteiger partial charge is 0.119 e. The van der Waals surface area contributed by atoms with E-state index in [1.807, 2.05) is 20.8 Å². The molecule has 1 rings (SSSR count). The Balaban J connectivity index is 3.46. The molecule has 0 saturated heterocycles. The average Bonchev–Trinajstić information content (AvgIpc) is 1.97. The van der Waals surface area contributed by atoms with E-state index in [-0.39, 0.29) is 0 Å². The van der Waals surface area contributed by atoms with Gasteiger partial charge >= 0.3 is 0 Å². The highest BCUT2D eigenvalue weighted by molar-refractivity contribution is 7.80. The zero-order valence-electron chi connectivity index (χ0n) is 6.97. The zero-order valence-corrected chi connectivity index (χ0v) is 7.87. The van der Waals surface area contributed by atoms with E-state index in [1.165, 1.54) is 0 Å². The molecule has 60 valence electrons. The molecule has 0 amide bonds. The normalized spacial score (nSPS) is 10.2. The molecule has 0 radical (unpaired) electrons. The molecule has 0 aromatic heterocycles. The number of phenolic OH excluding ortho intramolecular Hbond substituents is 1. The monoisotopic (exact) mass is 168 g/mol. The lowest BCUT2D eigenvalue weighted by Crippen LogP contribution is -1.88. The largest absolute Gasteiger partial charge is 0.508 e. The van der Waals surface area contributed by atoms with Crippen molar-refractivity contribution in [2.24, 2.45) is 0 Å². The van der Waals surface area contributed by atoms with Gasteiger partial charge in [0.25, 0.3) is 0 Å². The van der Waals surface area contributed by atoms with Gasteiger partial charge in [0.1, 0.15) is 5.75 Å². The second-order valence-electron chi connectivity index (χ2n) is 2.79. The van der Waals surface area contributed by atoms with Crippen LogP contribution < -0.4 is 0 Å². The lowest BCUT2D eigenvalue weighted by molar-refractivity contribution is 0.468. The van der Waals surface area contributed by atoms with Crippen molar-refractivity contribution in [1.82, 2.24) is 0 Å². The maximum atomic E-state index is 9.36. The molecule has 1 aromatic rings. The number of rotatable bonds is 0. The van der Waals surface area contributed by atoms with E-state index in [2.05, 4.69) is 12.6 Å². The minimum Gasteiger partial charge on any atom is -0.508 e. The number of benzene rings is 1. The van der Waals surface area contributed by atoms with Crippen LogP contribution in [0.3, 0.4) is 0 Å². The molecule has 1 N–H and O–H groups in total. The fourth-order valence-corrected chi connectivity index (χ4v) is 1.30. The first-order chi connectivity index (χ1) is 5.04. The Morgan fingerprint density at radius 3 is 2.18 bits per heavy atom. The van der Waals surface area contributed by atoms with Gasteiger partial charge in [-0.2, -0.15) is 0 Å². The molecule has 0 bridgehead atoms. The quantitative estimate of drug-likeness (QED) is 0.570. The van der Waals surface area contributed by atoms with Gasteiger partial charge in [-0.3, -0.25) is 0 Å². The predicted octanol–water partition coefficient (Wildman–Crippen LogP) is 2.61. The van der Waals surface area contributed by atoms with E-state index in [0.717, 1.165) is 21.6 Å². The Morgan fingerprint density at radius 1 is 1.09 bits per heavy atom. The summed E-state index contributed by atoms with van der Waals surface area (Å²) in [5, 5.41) is 9.36. The summed E-state index contributed by atoms with van der Waals surface area (Å²) in [4.78, 5) is 0.852. The van der Waals surface area contributed by atoms with Gasteiger partial charge in [-0.1, -0.05) is 0 Å². The molecule has 0 heterocycles. The summed E-state index contributed by atoms with van der Waals surface area (Å²) in [5.41, 5.74) is 3.21. The van der Waals surface area contributed by atoms with Crippen LogP contribution in [0.4, 0.5) is 0 Å². The van der Waals surface area contributed by atoms with Crippen molar-refractivity contribution >= 4 is 12.6 Å². The third-order valence-electron chi connectivity index (χ3n) is 2.17. The fraction of sp³-hybridized carbons (Fsp3) is 0.333. The minimum atomic E-state index is 0.332. The Bertz CT molecular complexity index is 266. The summed E-state index contributed by atoms with van der Waals surface area (Å²) >= 11 is 4.22. The molecule has 0 atom stereocenters. The summed E-state index contributed by atoms with van der Waals surface area (Å²) in [5.74, 6) is 0.332. The van der Waals surface area contributed by atoms with E-state index in [1.54, 1.807) is 6.07 Å². The van der Waals surface area contributed by atoms with E-state index in [4.69, 9.17) is 0 Å². The highest BCUT2D eigenvalue weighted by atomic mass is 32.1. The highest BCUT2D eigenvalue weighted by Crippen LogP contribution is 2.27. The third kappa shape index (κ3) is 1.36. The van der Waals surface area contributed by atoms with Gasteiger partial charge in [0.05, 0.1) is 0 Å². The Kier molecular flexibility index (Phi) is 2.14. The van der Waals surface area contributed by atoms with E-state index >= 15 is 0 Å². The van der Waals surface area contributed by atoms with E-state index in [0.29, 0.717) is 5.75 Å². The van der Waals surface area contributed by atoms with Crippen LogP contribution in [0.15, 0.2) is 11.0 Å². The predicted molar refractivity (Wildman–Crippen MR) is 49.6 cm³/mol. The van der Waals surface area contributed by atoms with Gasteiger partial charge in [-0.25, -0.2) is 0 Å². The first kappa shape index (κ1) is 8.47. The summed E-state index contributed by atoms with van der Waals surface area (Å²) in [6.45, 7) is 5.90. The highest BCUT2D eigenvalue weighted by Gasteiger charge is 2.05. The number of hydrogen-bond donors (Lipinski definition) is 2. The molecule has 11 heavy (non-hydrogen) atoms. The first-order valence-electron chi connectivity index (χ1n) is 3.52. The van der Waals surface area contributed by atoms with Gasteiger partial charge in [-0.05, 0) is 43.5 Å². The molecule has 2 heteroatoms. The Morgan fingerprint density at radius 2 is 1.64 bits per heavy atom. The van der Waals surface area contributed by atoms with Crippen LogP contribution in [-0.2, 0) is 0 Å². The summed E-state index contributed by atoms with van der Waals surface area (Å²) in [6, 6.07) is 1.68. The number of hydrogen-bond acceptors (Lipinski definition) is 2. The van der Waals surface area contributed by atoms with Crippen LogP contribution in [0.25, 0.3) is 0 Å². The number of phenols is 1. The van der Waals surface area contributed by atoms with Crippen LogP contribution in [0, 0.1) is 20.8 Å². The molecule has 0 spiro atoms. The maximum Gasteiger partial charge on any atom is 0.119 e. The van der Waals surface area contributed by atoms with Crippen LogP contribution in [-0.4, -0.2) is 5.11 Å². The lowest BCUT2D eigenvalue weighted by Gasteiger charge is -2.08. The van der Waals surface area contributed by atoms with Crippen molar-refractivity contribution in [2.75, 3.05) is 0 Å². The minimum absolute atomic E-state index is 0.332.